The molecule has 1 saturated heterocycles. The Morgan fingerprint density at radius 2 is 2.05 bits per heavy atom. The van der Waals surface area contributed by atoms with Crippen molar-refractivity contribution in [3.05, 3.63) is 15.6 Å². The van der Waals surface area contributed by atoms with Gasteiger partial charge in [-0.15, -0.1) is 11.3 Å². The number of hydrogen-bond donors (Lipinski definition) is 1. The Morgan fingerprint density at radius 3 is 2.65 bits per heavy atom. The summed E-state index contributed by atoms with van der Waals surface area (Å²) in [5.74, 6) is 0.909. The molecule has 1 atom stereocenters. The van der Waals surface area contributed by atoms with E-state index < -0.39 is 0 Å². The van der Waals surface area contributed by atoms with Crippen LogP contribution in [0.3, 0.4) is 0 Å². The lowest BCUT2D eigenvalue weighted by molar-refractivity contribution is 0.194. The van der Waals surface area contributed by atoms with Crippen LogP contribution < -0.4 is 5.73 Å². The van der Waals surface area contributed by atoms with Crippen molar-refractivity contribution < 1.29 is 0 Å². The van der Waals surface area contributed by atoms with E-state index in [1.165, 1.54) is 41.5 Å². The van der Waals surface area contributed by atoms with Gasteiger partial charge in [-0.25, -0.2) is 4.98 Å². The molecular weight excluding hydrogens is 266 g/mol. The van der Waals surface area contributed by atoms with E-state index in [9.17, 15) is 0 Å². The molecule has 1 fully saturated rings. The second-order valence-electron chi connectivity index (χ2n) is 6.23. The fourth-order valence-corrected chi connectivity index (χ4v) is 3.89. The van der Waals surface area contributed by atoms with E-state index in [-0.39, 0.29) is 6.04 Å². The maximum atomic E-state index is 6.07. The zero-order valence-electron chi connectivity index (χ0n) is 13.2. The van der Waals surface area contributed by atoms with Crippen LogP contribution in [-0.2, 0) is 12.8 Å². The fraction of sp³-hybridized carbons (Fsp3) is 0.812. The van der Waals surface area contributed by atoms with E-state index in [1.54, 1.807) is 0 Å². The molecule has 1 unspecified atom stereocenters. The summed E-state index contributed by atoms with van der Waals surface area (Å²) in [6.45, 7) is 10.3. The number of thiazole rings is 1. The van der Waals surface area contributed by atoms with Crippen LogP contribution in [0.25, 0.3) is 0 Å². The molecule has 0 radical (unpaired) electrons. The van der Waals surface area contributed by atoms with Crippen LogP contribution >= 0.6 is 11.3 Å². The van der Waals surface area contributed by atoms with E-state index >= 15 is 0 Å². The first kappa shape index (κ1) is 15.9. The minimum Gasteiger partial charge on any atom is -0.323 e. The Labute approximate surface area is 127 Å². The Kier molecular flexibility index (Phi) is 6.00. The van der Waals surface area contributed by atoms with Crippen LogP contribution in [0, 0.1) is 5.92 Å². The predicted octanol–water partition coefficient (Wildman–Crippen LogP) is 3.39. The van der Waals surface area contributed by atoms with Crippen LogP contribution in [0.1, 0.15) is 61.7 Å². The van der Waals surface area contributed by atoms with Crippen molar-refractivity contribution in [1.82, 2.24) is 9.88 Å². The molecule has 4 heteroatoms. The predicted molar refractivity (Wildman–Crippen MR) is 87.3 cm³/mol. The minimum atomic E-state index is 0.124. The van der Waals surface area contributed by atoms with Crippen molar-refractivity contribution in [3.8, 4) is 0 Å². The number of nitrogens with zero attached hydrogens (tertiary/aromatic N) is 2. The van der Waals surface area contributed by atoms with E-state index in [0.717, 1.165) is 31.7 Å². The molecule has 0 bridgehead atoms. The van der Waals surface area contributed by atoms with Gasteiger partial charge < -0.3 is 10.6 Å². The van der Waals surface area contributed by atoms with Crippen molar-refractivity contribution in [2.75, 3.05) is 19.6 Å². The Hall–Kier alpha value is -0.450. The highest BCUT2D eigenvalue weighted by molar-refractivity contribution is 7.11. The second-order valence-corrected chi connectivity index (χ2v) is 7.35. The number of aryl methyl sites for hydroxylation is 1. The smallest absolute Gasteiger partial charge is 0.0944 e. The summed E-state index contributed by atoms with van der Waals surface area (Å²) in [7, 11) is 0. The zero-order valence-corrected chi connectivity index (χ0v) is 14.0. The van der Waals surface area contributed by atoms with Crippen molar-refractivity contribution >= 4 is 11.3 Å². The van der Waals surface area contributed by atoms with Crippen LogP contribution in [0.15, 0.2) is 0 Å². The lowest BCUT2D eigenvalue weighted by Crippen LogP contribution is -2.34. The SMILES string of the molecule is CCCc1nc(CCN2CCC(C)CC2)sc1C(C)N. The van der Waals surface area contributed by atoms with E-state index in [1.807, 2.05) is 11.3 Å². The summed E-state index contributed by atoms with van der Waals surface area (Å²) in [5.41, 5.74) is 7.32. The molecule has 2 heterocycles. The van der Waals surface area contributed by atoms with Crippen LogP contribution in [-0.4, -0.2) is 29.5 Å². The first-order chi connectivity index (χ1) is 9.60. The molecule has 114 valence electrons. The Balaban J connectivity index is 1.90. The maximum absolute atomic E-state index is 6.07. The fourth-order valence-electron chi connectivity index (χ4n) is 2.83. The Morgan fingerprint density at radius 1 is 1.35 bits per heavy atom. The Bertz CT molecular complexity index is 406. The molecule has 1 aromatic heterocycles. The van der Waals surface area contributed by atoms with Gasteiger partial charge in [-0.3, -0.25) is 0 Å². The summed E-state index contributed by atoms with van der Waals surface area (Å²) >= 11 is 1.83. The van der Waals surface area contributed by atoms with Gasteiger partial charge in [0.1, 0.15) is 0 Å². The van der Waals surface area contributed by atoms with Gasteiger partial charge >= 0.3 is 0 Å². The van der Waals surface area contributed by atoms with Crippen molar-refractivity contribution in [1.29, 1.82) is 0 Å². The molecule has 0 aromatic carbocycles. The molecule has 0 spiro atoms. The molecule has 3 nitrogen and oxygen atoms in total. The van der Waals surface area contributed by atoms with Gasteiger partial charge in [-0.05, 0) is 45.2 Å². The summed E-state index contributed by atoms with van der Waals surface area (Å²) in [5, 5.41) is 1.28. The van der Waals surface area contributed by atoms with Gasteiger partial charge in [0.2, 0.25) is 0 Å². The molecule has 0 saturated carbocycles. The van der Waals surface area contributed by atoms with Gasteiger partial charge in [0.05, 0.1) is 10.7 Å². The topological polar surface area (TPSA) is 42.2 Å². The van der Waals surface area contributed by atoms with E-state index in [0.29, 0.717) is 0 Å². The number of hydrogen-bond acceptors (Lipinski definition) is 4. The molecule has 0 aliphatic carbocycles. The standard InChI is InChI=1S/C16H29N3S/c1-4-5-14-16(13(3)17)20-15(18-14)8-11-19-9-6-12(2)7-10-19/h12-13H,4-11,17H2,1-3H3. The molecule has 2 rings (SSSR count). The molecule has 0 amide bonds. The van der Waals surface area contributed by atoms with Crippen LogP contribution in [0.2, 0.25) is 0 Å². The van der Waals surface area contributed by atoms with Crippen LogP contribution in [0.4, 0.5) is 0 Å². The monoisotopic (exact) mass is 295 g/mol. The summed E-state index contributed by atoms with van der Waals surface area (Å²) in [6.07, 6.45) is 6.00. The average molecular weight is 295 g/mol. The van der Waals surface area contributed by atoms with Gasteiger partial charge in [-0.1, -0.05) is 20.3 Å². The highest BCUT2D eigenvalue weighted by Crippen LogP contribution is 2.26. The third-order valence-electron chi connectivity index (χ3n) is 4.19. The molecule has 1 aliphatic heterocycles. The highest BCUT2D eigenvalue weighted by Gasteiger charge is 2.17. The number of aromatic nitrogens is 1. The first-order valence-corrected chi connectivity index (χ1v) is 8.88. The average Bonchev–Trinajstić information content (AvgIpc) is 2.82. The van der Waals surface area contributed by atoms with Gasteiger partial charge in [0.25, 0.3) is 0 Å². The second kappa shape index (κ2) is 7.53. The van der Waals surface area contributed by atoms with Crippen molar-refractivity contribution in [2.45, 2.75) is 58.9 Å². The molecule has 2 N–H and O–H groups in total. The normalized spacial score (nSPS) is 19.4. The summed E-state index contributed by atoms with van der Waals surface area (Å²) in [4.78, 5) is 8.72. The number of likely N-dealkylation sites (tertiary alicyclic amines) is 1. The summed E-state index contributed by atoms with van der Waals surface area (Å²) in [6, 6.07) is 0.124. The minimum absolute atomic E-state index is 0.124. The molecular formula is C16H29N3S. The number of rotatable bonds is 6. The van der Waals surface area contributed by atoms with Gasteiger partial charge in [0, 0.05) is 23.9 Å². The largest absolute Gasteiger partial charge is 0.323 e. The number of nitrogens with two attached hydrogens (primary N) is 1. The quantitative estimate of drug-likeness (QED) is 0.874. The first-order valence-electron chi connectivity index (χ1n) is 8.06. The van der Waals surface area contributed by atoms with Gasteiger partial charge in [0.15, 0.2) is 0 Å². The van der Waals surface area contributed by atoms with Gasteiger partial charge in [-0.2, -0.15) is 0 Å². The maximum Gasteiger partial charge on any atom is 0.0944 e. The van der Waals surface area contributed by atoms with Crippen molar-refractivity contribution in [3.63, 3.8) is 0 Å². The summed E-state index contributed by atoms with van der Waals surface area (Å²) < 4.78 is 0. The lowest BCUT2D eigenvalue weighted by Gasteiger charge is -2.29. The third kappa shape index (κ3) is 4.27. The molecule has 1 aromatic rings. The lowest BCUT2D eigenvalue weighted by atomic mass is 9.99. The number of piperidine rings is 1. The highest BCUT2D eigenvalue weighted by atomic mass is 32.1. The molecule has 1 aliphatic rings. The third-order valence-corrected chi connectivity index (χ3v) is 5.55. The van der Waals surface area contributed by atoms with E-state index in [4.69, 9.17) is 10.7 Å². The zero-order chi connectivity index (χ0) is 14.5. The van der Waals surface area contributed by atoms with Crippen LogP contribution in [0.5, 0.6) is 0 Å². The van der Waals surface area contributed by atoms with Crippen molar-refractivity contribution in [2.24, 2.45) is 11.7 Å². The molecule has 20 heavy (non-hydrogen) atoms. The van der Waals surface area contributed by atoms with E-state index in [2.05, 4.69) is 25.7 Å².